The number of halogens is 3. The van der Waals surface area contributed by atoms with Crippen molar-refractivity contribution < 1.29 is 13.2 Å². The normalized spacial score (nSPS) is 11.1. The van der Waals surface area contributed by atoms with Gasteiger partial charge in [-0.3, -0.25) is 0 Å². The maximum atomic E-state index is 12.2. The number of alkyl halides is 3. The summed E-state index contributed by atoms with van der Waals surface area (Å²) in [7, 11) is 1.57. The van der Waals surface area contributed by atoms with E-state index in [0.29, 0.717) is 17.9 Å². The molecular formula is C7H7F3N4S. The topological polar surface area (TPSA) is 52.8 Å². The fourth-order valence-corrected chi connectivity index (χ4v) is 1.50. The van der Waals surface area contributed by atoms with E-state index in [1.807, 2.05) is 6.07 Å². The second kappa shape index (κ2) is 4.44. The van der Waals surface area contributed by atoms with Gasteiger partial charge in [0.2, 0.25) is 10.1 Å². The van der Waals surface area contributed by atoms with E-state index in [4.69, 9.17) is 5.26 Å². The van der Waals surface area contributed by atoms with Crippen molar-refractivity contribution in [1.82, 2.24) is 10.2 Å². The second-order valence-electron chi connectivity index (χ2n) is 2.72. The van der Waals surface area contributed by atoms with E-state index in [0.717, 1.165) is 0 Å². The van der Waals surface area contributed by atoms with Gasteiger partial charge in [-0.15, -0.1) is 10.2 Å². The Hall–Kier alpha value is -1.36. The van der Waals surface area contributed by atoms with E-state index in [2.05, 4.69) is 10.2 Å². The van der Waals surface area contributed by atoms with Crippen LogP contribution in [0.5, 0.6) is 0 Å². The lowest BCUT2D eigenvalue weighted by Crippen LogP contribution is -2.17. The van der Waals surface area contributed by atoms with E-state index >= 15 is 0 Å². The zero-order valence-electron chi connectivity index (χ0n) is 7.75. The molecule has 0 amide bonds. The van der Waals surface area contributed by atoms with Crippen LogP contribution in [0.25, 0.3) is 0 Å². The highest BCUT2D eigenvalue weighted by molar-refractivity contribution is 7.15. The van der Waals surface area contributed by atoms with Crippen LogP contribution in [0.4, 0.5) is 18.3 Å². The van der Waals surface area contributed by atoms with Gasteiger partial charge in [0, 0.05) is 13.6 Å². The van der Waals surface area contributed by atoms with Gasteiger partial charge >= 0.3 is 6.18 Å². The highest BCUT2D eigenvalue weighted by Crippen LogP contribution is 2.33. The third-order valence-corrected chi connectivity index (χ3v) is 2.62. The van der Waals surface area contributed by atoms with Crippen LogP contribution in [0.15, 0.2) is 0 Å². The molecule has 0 unspecified atom stereocenters. The molecule has 1 rings (SSSR count). The summed E-state index contributed by atoms with van der Waals surface area (Å²) in [6.45, 7) is 0.336. The molecule has 0 aliphatic heterocycles. The van der Waals surface area contributed by atoms with Crippen LogP contribution < -0.4 is 4.90 Å². The molecule has 1 aromatic heterocycles. The molecule has 4 nitrogen and oxygen atoms in total. The predicted octanol–water partition coefficient (Wildman–Crippen LogP) is 1.91. The lowest BCUT2D eigenvalue weighted by Gasteiger charge is -2.11. The fraction of sp³-hybridized carbons (Fsp3) is 0.571. The Morgan fingerprint density at radius 3 is 2.60 bits per heavy atom. The number of hydrogen-bond acceptors (Lipinski definition) is 5. The molecule has 82 valence electrons. The van der Waals surface area contributed by atoms with Crippen molar-refractivity contribution >= 4 is 16.5 Å². The van der Waals surface area contributed by atoms with E-state index in [1.165, 1.54) is 4.90 Å². The molecular weight excluding hydrogens is 229 g/mol. The third-order valence-electron chi connectivity index (χ3n) is 1.54. The maximum Gasteiger partial charge on any atom is 0.445 e. The first-order valence-electron chi connectivity index (χ1n) is 3.94. The summed E-state index contributed by atoms with van der Waals surface area (Å²) in [5.41, 5.74) is 0. The summed E-state index contributed by atoms with van der Waals surface area (Å²) in [6, 6.07) is 1.90. The first kappa shape index (κ1) is 11.7. The van der Waals surface area contributed by atoms with Crippen molar-refractivity contribution in [1.29, 1.82) is 5.26 Å². The van der Waals surface area contributed by atoms with E-state index in [-0.39, 0.29) is 11.6 Å². The summed E-state index contributed by atoms with van der Waals surface area (Å²) >= 11 is 0.468. The molecule has 0 bridgehead atoms. The molecule has 0 saturated heterocycles. The van der Waals surface area contributed by atoms with Gasteiger partial charge in [-0.05, 0) is 0 Å². The average molecular weight is 236 g/mol. The summed E-state index contributed by atoms with van der Waals surface area (Å²) < 4.78 is 36.5. The maximum absolute atomic E-state index is 12.2. The van der Waals surface area contributed by atoms with Crippen LogP contribution in [0.1, 0.15) is 11.4 Å². The Morgan fingerprint density at radius 1 is 1.47 bits per heavy atom. The minimum atomic E-state index is -4.45. The number of rotatable bonds is 3. The molecule has 0 saturated carbocycles. The SMILES string of the molecule is CN(CCC#N)c1nnc(C(F)(F)F)s1. The van der Waals surface area contributed by atoms with Gasteiger partial charge in [0.15, 0.2) is 0 Å². The van der Waals surface area contributed by atoms with Gasteiger partial charge in [-0.2, -0.15) is 18.4 Å². The Bertz CT molecular complexity index is 367. The predicted molar refractivity (Wildman–Crippen MR) is 48.4 cm³/mol. The molecule has 0 spiro atoms. The first-order valence-corrected chi connectivity index (χ1v) is 4.75. The molecule has 0 aliphatic rings. The molecule has 0 atom stereocenters. The number of nitrogens with zero attached hydrogens (tertiary/aromatic N) is 4. The quantitative estimate of drug-likeness (QED) is 0.804. The monoisotopic (exact) mass is 236 g/mol. The lowest BCUT2D eigenvalue weighted by atomic mass is 10.4. The summed E-state index contributed by atoms with van der Waals surface area (Å²) in [5, 5.41) is 13.9. The summed E-state index contributed by atoms with van der Waals surface area (Å²) in [6.07, 6.45) is -4.22. The van der Waals surface area contributed by atoms with Crippen LogP contribution in [0.3, 0.4) is 0 Å². The van der Waals surface area contributed by atoms with Crippen molar-refractivity contribution in [3.05, 3.63) is 5.01 Å². The van der Waals surface area contributed by atoms with E-state index in [9.17, 15) is 13.2 Å². The van der Waals surface area contributed by atoms with Crippen molar-refractivity contribution in [2.24, 2.45) is 0 Å². The van der Waals surface area contributed by atoms with E-state index in [1.54, 1.807) is 7.05 Å². The fourth-order valence-electron chi connectivity index (χ4n) is 0.798. The van der Waals surface area contributed by atoms with Gasteiger partial charge in [0.1, 0.15) is 0 Å². The molecule has 1 aromatic rings. The molecule has 0 aromatic carbocycles. The van der Waals surface area contributed by atoms with Crippen LogP contribution in [-0.2, 0) is 6.18 Å². The molecule has 15 heavy (non-hydrogen) atoms. The van der Waals surface area contributed by atoms with Crippen molar-refractivity contribution in [3.63, 3.8) is 0 Å². The highest BCUT2D eigenvalue weighted by Gasteiger charge is 2.35. The Morgan fingerprint density at radius 2 is 2.13 bits per heavy atom. The highest BCUT2D eigenvalue weighted by atomic mass is 32.1. The number of hydrogen-bond donors (Lipinski definition) is 0. The first-order chi connectivity index (χ1) is 6.95. The second-order valence-corrected chi connectivity index (χ2v) is 3.67. The minimum Gasteiger partial charge on any atom is -0.349 e. The van der Waals surface area contributed by atoms with Crippen molar-refractivity contribution in [2.45, 2.75) is 12.6 Å². The molecule has 8 heteroatoms. The molecule has 0 fully saturated rings. The van der Waals surface area contributed by atoms with Crippen LogP contribution >= 0.6 is 11.3 Å². The third kappa shape index (κ3) is 3.06. The van der Waals surface area contributed by atoms with Gasteiger partial charge < -0.3 is 4.90 Å². The van der Waals surface area contributed by atoms with Crippen LogP contribution in [-0.4, -0.2) is 23.8 Å². The minimum absolute atomic E-state index is 0.164. The van der Waals surface area contributed by atoms with Crippen molar-refractivity contribution in [3.8, 4) is 6.07 Å². The zero-order valence-corrected chi connectivity index (χ0v) is 8.56. The largest absolute Gasteiger partial charge is 0.445 e. The molecule has 0 radical (unpaired) electrons. The van der Waals surface area contributed by atoms with Crippen LogP contribution in [0, 0.1) is 11.3 Å². The van der Waals surface area contributed by atoms with E-state index < -0.39 is 11.2 Å². The molecule has 0 N–H and O–H groups in total. The van der Waals surface area contributed by atoms with Gasteiger partial charge in [0.05, 0.1) is 12.5 Å². The summed E-state index contributed by atoms with van der Waals surface area (Å²) in [5.74, 6) is 0. The Kier molecular flexibility index (Phi) is 3.47. The zero-order chi connectivity index (χ0) is 11.5. The average Bonchev–Trinajstić information content (AvgIpc) is 2.62. The Balaban J connectivity index is 2.72. The molecule has 1 heterocycles. The lowest BCUT2D eigenvalue weighted by molar-refractivity contribution is -0.138. The smallest absolute Gasteiger partial charge is 0.349 e. The Labute approximate surface area is 88.0 Å². The summed E-state index contributed by atoms with van der Waals surface area (Å²) in [4.78, 5) is 1.47. The number of anilines is 1. The number of nitriles is 1. The van der Waals surface area contributed by atoms with Gasteiger partial charge in [-0.1, -0.05) is 11.3 Å². The number of aromatic nitrogens is 2. The van der Waals surface area contributed by atoms with Crippen molar-refractivity contribution in [2.75, 3.05) is 18.5 Å². The molecule has 0 aliphatic carbocycles. The van der Waals surface area contributed by atoms with Gasteiger partial charge in [-0.25, -0.2) is 0 Å². The standard InChI is InChI=1S/C7H7F3N4S/c1-14(4-2-3-11)6-13-12-5(15-6)7(8,9)10/h2,4H2,1H3. The van der Waals surface area contributed by atoms with Gasteiger partial charge in [0.25, 0.3) is 0 Å². The van der Waals surface area contributed by atoms with Crippen LogP contribution in [0.2, 0.25) is 0 Å².